The van der Waals surface area contributed by atoms with Crippen LogP contribution >= 0.6 is 11.3 Å². The van der Waals surface area contributed by atoms with Crippen LogP contribution in [0.3, 0.4) is 0 Å². The first-order chi connectivity index (χ1) is 17.5. The Balaban J connectivity index is 1.57. The molecule has 37 heavy (non-hydrogen) atoms. The number of nitrogens with one attached hydrogen (secondary N) is 2. The molecule has 0 radical (unpaired) electrons. The van der Waals surface area contributed by atoms with Crippen LogP contribution in [0.15, 0.2) is 60.8 Å². The number of rotatable bonds is 7. The van der Waals surface area contributed by atoms with Crippen LogP contribution in [0.2, 0.25) is 0 Å². The molecule has 0 aliphatic rings. The van der Waals surface area contributed by atoms with Gasteiger partial charge in [0.2, 0.25) is 5.06 Å². The maximum Gasteiger partial charge on any atom is 0.273 e. The summed E-state index contributed by atoms with van der Waals surface area (Å²) >= 11 is 0.942. The highest BCUT2D eigenvalue weighted by Gasteiger charge is 2.32. The third-order valence-corrected chi connectivity index (χ3v) is 5.82. The van der Waals surface area contributed by atoms with E-state index in [0.29, 0.717) is 23.6 Å². The van der Waals surface area contributed by atoms with Gasteiger partial charge >= 0.3 is 0 Å². The maximum atomic E-state index is 13.9. The van der Waals surface area contributed by atoms with Gasteiger partial charge in [0.05, 0.1) is 6.20 Å². The molecule has 2 aromatic carbocycles. The van der Waals surface area contributed by atoms with E-state index in [1.807, 2.05) is 0 Å². The van der Waals surface area contributed by atoms with Crippen molar-refractivity contribution in [2.75, 3.05) is 5.32 Å². The molecule has 2 aromatic heterocycles. The molecule has 190 valence electrons. The number of halogens is 4. The third kappa shape index (κ3) is 6.09. The summed E-state index contributed by atoms with van der Waals surface area (Å²) in [6, 6.07) is 11.1. The van der Waals surface area contributed by atoms with Crippen molar-refractivity contribution >= 4 is 28.3 Å². The number of pyridine rings is 1. The number of nitrogens with zero attached hydrogens (tertiary/aromatic N) is 2. The molecule has 4 aromatic rings. The van der Waals surface area contributed by atoms with Gasteiger partial charge in [-0.2, -0.15) is 0 Å². The summed E-state index contributed by atoms with van der Waals surface area (Å²) < 4.78 is 59.6. The SMILES string of the molecule is CC(C)(NC(=O)c1ncc(F)cc1F)C(=O)Nc1nc(-c2ccc(F)cc2)c(Oc2ccc(F)cc2)s1. The van der Waals surface area contributed by atoms with Gasteiger partial charge in [-0.3, -0.25) is 14.9 Å². The zero-order valence-corrected chi connectivity index (χ0v) is 20.1. The van der Waals surface area contributed by atoms with Gasteiger partial charge in [-0.1, -0.05) is 11.3 Å². The molecule has 0 spiro atoms. The zero-order valence-electron chi connectivity index (χ0n) is 19.3. The van der Waals surface area contributed by atoms with Gasteiger partial charge in [0.15, 0.2) is 16.6 Å². The highest BCUT2D eigenvalue weighted by Crippen LogP contribution is 2.40. The largest absolute Gasteiger partial charge is 0.444 e. The molecule has 0 atom stereocenters. The van der Waals surface area contributed by atoms with Crippen LogP contribution < -0.4 is 15.4 Å². The van der Waals surface area contributed by atoms with E-state index in [0.717, 1.165) is 11.3 Å². The summed E-state index contributed by atoms with van der Waals surface area (Å²) in [6.45, 7) is 2.73. The molecule has 0 saturated carbocycles. The van der Waals surface area contributed by atoms with Crippen molar-refractivity contribution in [3.05, 3.63) is 89.8 Å². The summed E-state index contributed by atoms with van der Waals surface area (Å²) in [5, 5.41) is 5.22. The van der Waals surface area contributed by atoms with Crippen molar-refractivity contribution in [3.8, 4) is 22.1 Å². The van der Waals surface area contributed by atoms with Crippen molar-refractivity contribution < 1.29 is 31.9 Å². The molecular weight excluding hydrogens is 512 g/mol. The molecule has 0 aliphatic carbocycles. The molecule has 4 rings (SSSR count). The molecule has 0 fully saturated rings. The number of amides is 2. The minimum absolute atomic E-state index is 0.0786. The van der Waals surface area contributed by atoms with E-state index in [9.17, 15) is 27.2 Å². The van der Waals surface area contributed by atoms with Crippen LogP contribution in [-0.4, -0.2) is 27.3 Å². The Morgan fingerprint density at radius 1 is 0.919 bits per heavy atom. The van der Waals surface area contributed by atoms with Crippen LogP contribution in [0, 0.1) is 23.3 Å². The van der Waals surface area contributed by atoms with E-state index >= 15 is 0 Å². The van der Waals surface area contributed by atoms with Crippen molar-refractivity contribution in [1.29, 1.82) is 0 Å². The topological polar surface area (TPSA) is 93.2 Å². The highest BCUT2D eigenvalue weighted by atomic mass is 32.1. The maximum absolute atomic E-state index is 13.9. The molecule has 2 amide bonds. The Labute approximate surface area is 212 Å². The highest BCUT2D eigenvalue weighted by molar-refractivity contribution is 7.18. The summed E-state index contributed by atoms with van der Waals surface area (Å²) in [5.41, 5.74) is -1.48. The quantitative estimate of drug-likeness (QED) is 0.299. The van der Waals surface area contributed by atoms with Crippen LogP contribution in [0.25, 0.3) is 11.3 Å². The fourth-order valence-corrected chi connectivity index (χ4v) is 3.92. The Morgan fingerprint density at radius 2 is 1.54 bits per heavy atom. The van der Waals surface area contributed by atoms with E-state index in [2.05, 4.69) is 20.6 Å². The lowest BCUT2D eigenvalue weighted by molar-refractivity contribution is -0.120. The van der Waals surface area contributed by atoms with Crippen LogP contribution in [0.5, 0.6) is 10.8 Å². The number of benzene rings is 2. The number of hydrogen-bond donors (Lipinski definition) is 2. The van der Waals surface area contributed by atoms with Gasteiger partial charge < -0.3 is 10.1 Å². The molecule has 2 heterocycles. The Hall–Kier alpha value is -4.32. The van der Waals surface area contributed by atoms with Gasteiger partial charge in [0.1, 0.15) is 34.4 Å². The number of aromatic nitrogens is 2. The minimum atomic E-state index is -1.57. The van der Waals surface area contributed by atoms with Crippen molar-refractivity contribution in [3.63, 3.8) is 0 Å². The molecule has 12 heteroatoms. The van der Waals surface area contributed by atoms with Gasteiger partial charge in [-0.15, -0.1) is 0 Å². The fourth-order valence-electron chi connectivity index (χ4n) is 3.06. The number of carbonyl (C=O) groups excluding carboxylic acids is 2. The predicted octanol–water partition coefficient (Wildman–Crippen LogP) is 5.70. The van der Waals surface area contributed by atoms with Crippen molar-refractivity contribution in [1.82, 2.24) is 15.3 Å². The molecule has 0 aliphatic heterocycles. The third-order valence-electron chi connectivity index (χ3n) is 4.97. The fraction of sp³-hybridized carbons (Fsp3) is 0.120. The lowest BCUT2D eigenvalue weighted by Gasteiger charge is -2.24. The number of anilines is 1. The van der Waals surface area contributed by atoms with E-state index in [4.69, 9.17) is 4.74 Å². The van der Waals surface area contributed by atoms with E-state index < -0.39 is 46.3 Å². The van der Waals surface area contributed by atoms with Crippen LogP contribution in [0.4, 0.5) is 22.7 Å². The Bertz CT molecular complexity index is 1460. The smallest absolute Gasteiger partial charge is 0.273 e. The van der Waals surface area contributed by atoms with Gasteiger partial charge in [0, 0.05) is 11.6 Å². The minimum Gasteiger partial charge on any atom is -0.444 e. The zero-order chi connectivity index (χ0) is 26.7. The number of carbonyl (C=O) groups is 2. The van der Waals surface area contributed by atoms with Crippen LogP contribution in [-0.2, 0) is 4.79 Å². The average Bonchev–Trinajstić information content (AvgIpc) is 3.22. The molecule has 0 unspecified atom stereocenters. The second-order valence-corrected chi connectivity index (χ2v) is 9.20. The molecule has 0 saturated heterocycles. The first kappa shape index (κ1) is 25.8. The van der Waals surface area contributed by atoms with Crippen LogP contribution in [0.1, 0.15) is 24.3 Å². The summed E-state index contributed by atoms with van der Waals surface area (Å²) in [6.07, 6.45) is 0.681. The summed E-state index contributed by atoms with van der Waals surface area (Å²) in [5.74, 6) is -4.49. The Kier molecular flexibility index (Phi) is 7.21. The standard InChI is InChI=1S/C25H18F4N4O3S/c1-25(2,33-21(34)20-18(29)11-16(28)12-30-20)23(35)32-24-31-19(13-3-5-14(26)6-4-13)22(37-24)36-17-9-7-15(27)8-10-17/h3-12H,1-2H3,(H,33,34)(H,31,32,35). The van der Waals surface area contributed by atoms with E-state index in [-0.39, 0.29) is 15.9 Å². The first-order valence-corrected chi connectivity index (χ1v) is 11.5. The number of thiazole rings is 1. The van der Waals surface area contributed by atoms with Crippen molar-refractivity contribution in [2.24, 2.45) is 0 Å². The monoisotopic (exact) mass is 530 g/mol. The predicted molar refractivity (Wildman–Crippen MR) is 128 cm³/mol. The van der Waals surface area contributed by atoms with E-state index in [1.54, 1.807) is 0 Å². The van der Waals surface area contributed by atoms with Gasteiger partial charge in [0.25, 0.3) is 11.8 Å². The molecule has 2 N–H and O–H groups in total. The van der Waals surface area contributed by atoms with E-state index in [1.165, 1.54) is 62.4 Å². The van der Waals surface area contributed by atoms with Gasteiger partial charge in [-0.25, -0.2) is 27.5 Å². The molecular formula is C25H18F4N4O3S. The average molecular weight is 531 g/mol. The van der Waals surface area contributed by atoms with Gasteiger partial charge in [-0.05, 0) is 62.4 Å². The van der Waals surface area contributed by atoms with Crippen molar-refractivity contribution in [2.45, 2.75) is 19.4 Å². The molecule has 7 nitrogen and oxygen atoms in total. The second kappa shape index (κ2) is 10.3. The Morgan fingerprint density at radius 3 is 2.16 bits per heavy atom. The lowest BCUT2D eigenvalue weighted by Crippen LogP contribution is -2.52. The second-order valence-electron chi connectivity index (χ2n) is 8.24. The normalized spacial score (nSPS) is 11.2. The first-order valence-electron chi connectivity index (χ1n) is 10.7. The number of ether oxygens (including phenoxy) is 1. The summed E-state index contributed by atoms with van der Waals surface area (Å²) in [4.78, 5) is 33.2. The molecule has 0 bridgehead atoms. The number of hydrogen-bond acceptors (Lipinski definition) is 6. The summed E-state index contributed by atoms with van der Waals surface area (Å²) in [7, 11) is 0. The lowest BCUT2D eigenvalue weighted by atomic mass is 10.0.